The molecule has 1 aliphatic carbocycles. The van der Waals surface area contributed by atoms with Crippen molar-refractivity contribution in [3.8, 4) is 11.4 Å². The Morgan fingerprint density at radius 1 is 1.32 bits per heavy atom. The second kappa shape index (κ2) is 8.50. The van der Waals surface area contributed by atoms with Crippen LogP contribution < -0.4 is 11.2 Å². The Kier molecular flexibility index (Phi) is 6.26. The fraction of sp³-hybridized carbons (Fsp3) is 0.471. The molecule has 0 saturated heterocycles. The van der Waals surface area contributed by atoms with Crippen molar-refractivity contribution in [2.45, 2.75) is 42.8 Å². The highest BCUT2D eigenvalue weighted by molar-refractivity contribution is 7.99. The fourth-order valence-corrected chi connectivity index (χ4v) is 4.88. The molecule has 0 bridgehead atoms. The number of amides is 1. The molecular weight excluding hydrogens is 400 g/mol. The zero-order valence-corrected chi connectivity index (χ0v) is 17.5. The number of benzene rings is 1. The van der Waals surface area contributed by atoms with Crippen LogP contribution in [-0.2, 0) is 14.8 Å². The van der Waals surface area contributed by atoms with Crippen molar-refractivity contribution in [2.24, 2.45) is 0 Å². The highest BCUT2D eigenvalue weighted by Gasteiger charge is 2.24. The summed E-state index contributed by atoms with van der Waals surface area (Å²) in [5, 5.41) is 11.4. The van der Waals surface area contributed by atoms with E-state index in [4.69, 9.17) is 5.84 Å². The number of nitrogen functional groups attached to an aromatic ring is 1. The molecule has 3 N–H and O–H groups in total. The first-order valence-corrected chi connectivity index (χ1v) is 11.5. The number of nitrogens with two attached hydrogens (primary N) is 1. The summed E-state index contributed by atoms with van der Waals surface area (Å²) in [6.45, 7) is 4.37. The largest absolute Gasteiger partial charge is 0.353 e. The molecule has 0 spiro atoms. The maximum atomic E-state index is 12.7. The van der Waals surface area contributed by atoms with Crippen molar-refractivity contribution < 1.29 is 13.2 Å². The predicted octanol–water partition coefficient (Wildman–Crippen LogP) is 1.06. The van der Waals surface area contributed by atoms with Gasteiger partial charge in [-0.25, -0.2) is 13.1 Å². The standard InChI is InChI=1S/C17H24N6O3S2/c1-3-22(4-2)28(25,26)14-7-5-6-12(10-14)16-20-21-17(23(16)18)27-11-15(24)19-13-8-9-13/h5-7,10,13H,3-4,8-9,11,18H2,1-2H3,(H,19,24). The summed E-state index contributed by atoms with van der Waals surface area (Å²) in [7, 11) is -3.59. The summed E-state index contributed by atoms with van der Waals surface area (Å²) in [5.74, 6) is 6.55. The quantitative estimate of drug-likeness (QED) is 0.456. The lowest BCUT2D eigenvalue weighted by molar-refractivity contribution is -0.118. The van der Waals surface area contributed by atoms with E-state index in [1.165, 1.54) is 26.8 Å². The lowest BCUT2D eigenvalue weighted by Gasteiger charge is -2.18. The fourth-order valence-electron chi connectivity index (χ4n) is 2.71. The van der Waals surface area contributed by atoms with Gasteiger partial charge in [0.1, 0.15) is 0 Å². The van der Waals surface area contributed by atoms with Crippen LogP contribution in [-0.4, -0.2) is 58.4 Å². The molecule has 1 fully saturated rings. The predicted molar refractivity (Wildman–Crippen MR) is 108 cm³/mol. The van der Waals surface area contributed by atoms with Gasteiger partial charge in [0.2, 0.25) is 21.1 Å². The van der Waals surface area contributed by atoms with Gasteiger partial charge >= 0.3 is 0 Å². The van der Waals surface area contributed by atoms with Crippen LogP contribution in [0, 0.1) is 0 Å². The maximum absolute atomic E-state index is 12.7. The van der Waals surface area contributed by atoms with Crippen molar-refractivity contribution in [1.29, 1.82) is 0 Å². The number of aromatic nitrogens is 3. The first kappa shape index (κ1) is 20.6. The number of carbonyl (C=O) groups excluding carboxylic acids is 1. The third kappa shape index (κ3) is 4.47. The van der Waals surface area contributed by atoms with Gasteiger partial charge in [-0.1, -0.05) is 37.7 Å². The number of sulfonamides is 1. The molecule has 3 rings (SSSR count). The molecular formula is C17H24N6O3S2. The van der Waals surface area contributed by atoms with E-state index in [9.17, 15) is 13.2 Å². The van der Waals surface area contributed by atoms with Crippen molar-refractivity contribution in [3.63, 3.8) is 0 Å². The Morgan fingerprint density at radius 2 is 2.04 bits per heavy atom. The van der Waals surface area contributed by atoms with Crippen LogP contribution in [0.3, 0.4) is 0 Å². The molecule has 0 aliphatic heterocycles. The van der Waals surface area contributed by atoms with E-state index in [1.54, 1.807) is 32.0 Å². The van der Waals surface area contributed by atoms with Crippen LogP contribution in [0.2, 0.25) is 0 Å². The summed E-state index contributed by atoms with van der Waals surface area (Å²) < 4.78 is 28.1. The zero-order valence-electron chi connectivity index (χ0n) is 15.8. The summed E-state index contributed by atoms with van der Waals surface area (Å²) in [6.07, 6.45) is 2.06. The van der Waals surface area contributed by atoms with Crippen molar-refractivity contribution >= 4 is 27.7 Å². The van der Waals surface area contributed by atoms with Crippen molar-refractivity contribution in [2.75, 3.05) is 24.7 Å². The Morgan fingerprint density at radius 3 is 2.68 bits per heavy atom. The molecule has 1 aromatic heterocycles. The molecule has 1 aromatic carbocycles. The number of hydrogen-bond acceptors (Lipinski definition) is 7. The topological polar surface area (TPSA) is 123 Å². The molecule has 1 saturated carbocycles. The SMILES string of the molecule is CCN(CC)S(=O)(=O)c1cccc(-c2nnc(SCC(=O)NC3CC3)n2N)c1. The number of hydrogen-bond donors (Lipinski definition) is 2. The van der Waals surface area contributed by atoms with Gasteiger partial charge in [-0.15, -0.1) is 10.2 Å². The summed E-state index contributed by atoms with van der Waals surface area (Å²) in [5.41, 5.74) is 0.539. The molecule has 9 nitrogen and oxygen atoms in total. The first-order valence-electron chi connectivity index (χ1n) is 9.10. The van der Waals surface area contributed by atoms with Crippen LogP contribution in [0.25, 0.3) is 11.4 Å². The van der Waals surface area contributed by atoms with E-state index in [-0.39, 0.29) is 16.6 Å². The number of rotatable bonds is 9. The summed E-state index contributed by atoms with van der Waals surface area (Å²) in [6, 6.07) is 6.76. The van der Waals surface area contributed by atoms with Crippen LogP contribution >= 0.6 is 11.8 Å². The monoisotopic (exact) mass is 424 g/mol. The second-order valence-corrected chi connectivity index (χ2v) is 9.30. The minimum Gasteiger partial charge on any atom is -0.353 e. The molecule has 28 heavy (non-hydrogen) atoms. The van der Waals surface area contributed by atoms with Gasteiger partial charge in [-0.2, -0.15) is 4.31 Å². The summed E-state index contributed by atoms with van der Waals surface area (Å²) >= 11 is 1.19. The van der Waals surface area contributed by atoms with Crippen molar-refractivity contribution in [1.82, 2.24) is 24.5 Å². The molecule has 0 unspecified atom stereocenters. The third-order valence-corrected chi connectivity index (χ3v) is 7.36. The van der Waals surface area contributed by atoms with E-state index >= 15 is 0 Å². The number of nitrogens with zero attached hydrogens (tertiary/aromatic N) is 4. The van der Waals surface area contributed by atoms with Crippen LogP contribution in [0.5, 0.6) is 0 Å². The molecule has 2 aromatic rings. The number of thioether (sulfide) groups is 1. The van der Waals surface area contributed by atoms with Gasteiger partial charge < -0.3 is 11.2 Å². The Labute approximate surface area is 168 Å². The Bertz CT molecular complexity index is 952. The average Bonchev–Trinajstić information content (AvgIpc) is 3.41. The smallest absolute Gasteiger partial charge is 0.243 e. The van der Waals surface area contributed by atoms with Crippen LogP contribution in [0.1, 0.15) is 26.7 Å². The normalized spacial score (nSPS) is 14.4. The lowest BCUT2D eigenvalue weighted by Crippen LogP contribution is -2.30. The van der Waals surface area contributed by atoms with E-state index < -0.39 is 10.0 Å². The number of carbonyl (C=O) groups is 1. The molecule has 0 radical (unpaired) electrons. The minimum absolute atomic E-state index is 0.0654. The average molecular weight is 425 g/mol. The van der Waals surface area contributed by atoms with Crippen LogP contribution in [0.4, 0.5) is 0 Å². The highest BCUT2D eigenvalue weighted by atomic mass is 32.2. The zero-order chi connectivity index (χ0) is 20.3. The van der Waals surface area contributed by atoms with Crippen LogP contribution in [0.15, 0.2) is 34.3 Å². The van der Waals surface area contributed by atoms with Gasteiger partial charge in [-0.3, -0.25) is 4.79 Å². The molecule has 1 aliphatic rings. The van der Waals surface area contributed by atoms with Gasteiger partial charge in [0.05, 0.1) is 10.6 Å². The van der Waals surface area contributed by atoms with Gasteiger partial charge in [0, 0.05) is 24.7 Å². The lowest BCUT2D eigenvalue weighted by atomic mass is 10.2. The molecule has 0 atom stereocenters. The Hall–Kier alpha value is -2.11. The summed E-state index contributed by atoms with van der Waals surface area (Å²) in [4.78, 5) is 12.0. The Balaban J connectivity index is 1.78. The molecule has 1 amide bonds. The van der Waals surface area contributed by atoms with Gasteiger partial charge in [0.15, 0.2) is 5.82 Å². The molecule has 11 heteroatoms. The first-order chi connectivity index (χ1) is 13.4. The highest BCUT2D eigenvalue weighted by Crippen LogP contribution is 2.25. The van der Waals surface area contributed by atoms with E-state index in [0.717, 1.165) is 12.8 Å². The third-order valence-electron chi connectivity index (χ3n) is 4.37. The van der Waals surface area contributed by atoms with Gasteiger partial charge in [0.25, 0.3) is 0 Å². The minimum atomic E-state index is -3.59. The molecule has 1 heterocycles. The van der Waals surface area contributed by atoms with Gasteiger partial charge in [-0.05, 0) is 25.0 Å². The van der Waals surface area contributed by atoms with E-state index in [0.29, 0.717) is 35.7 Å². The maximum Gasteiger partial charge on any atom is 0.243 e. The number of nitrogens with one attached hydrogen (secondary N) is 1. The second-order valence-electron chi connectivity index (χ2n) is 6.42. The van der Waals surface area contributed by atoms with E-state index in [1.807, 2.05) is 0 Å². The van der Waals surface area contributed by atoms with E-state index in [2.05, 4.69) is 15.5 Å². The molecule has 152 valence electrons. The van der Waals surface area contributed by atoms with Crippen molar-refractivity contribution in [3.05, 3.63) is 24.3 Å².